The number of thiazole rings is 1. The molecule has 0 bridgehead atoms. The number of aryl methyl sites for hydroxylation is 1. The summed E-state index contributed by atoms with van der Waals surface area (Å²) in [7, 11) is 1.75. The lowest BCUT2D eigenvalue weighted by atomic mass is 9.96. The van der Waals surface area contributed by atoms with Crippen LogP contribution in [0.2, 0.25) is 0 Å². The SMILES string of the molecule is Cc1ncsc1C(=O)N1CCO[C@@](COc2ccc(F)cc2)(CC(=O)N(C)Cc2ccccc2)C1. The molecule has 0 unspecified atom stereocenters. The number of hydrogen-bond donors (Lipinski definition) is 0. The number of benzene rings is 2. The van der Waals surface area contributed by atoms with Crippen molar-refractivity contribution in [2.75, 3.05) is 33.4 Å². The molecule has 1 atom stereocenters. The number of halogens is 1. The van der Waals surface area contributed by atoms with Gasteiger partial charge < -0.3 is 19.3 Å². The molecule has 1 aromatic heterocycles. The van der Waals surface area contributed by atoms with Crippen LogP contribution in [0.4, 0.5) is 4.39 Å². The lowest BCUT2D eigenvalue weighted by Gasteiger charge is -2.42. The molecule has 35 heavy (non-hydrogen) atoms. The highest BCUT2D eigenvalue weighted by atomic mass is 32.1. The van der Waals surface area contributed by atoms with Gasteiger partial charge in [-0.1, -0.05) is 30.3 Å². The Morgan fingerprint density at radius 2 is 1.94 bits per heavy atom. The Hall–Kier alpha value is -3.30. The highest BCUT2D eigenvalue weighted by molar-refractivity contribution is 7.11. The number of ether oxygens (including phenoxy) is 2. The number of aromatic nitrogens is 1. The second kappa shape index (κ2) is 11.0. The monoisotopic (exact) mass is 497 g/mol. The predicted octanol–water partition coefficient (Wildman–Crippen LogP) is 3.93. The maximum absolute atomic E-state index is 13.3. The van der Waals surface area contributed by atoms with Gasteiger partial charge in [0.15, 0.2) is 0 Å². The summed E-state index contributed by atoms with van der Waals surface area (Å²) >= 11 is 1.30. The van der Waals surface area contributed by atoms with Crippen LogP contribution < -0.4 is 4.74 Å². The van der Waals surface area contributed by atoms with Crippen LogP contribution in [-0.4, -0.2) is 65.6 Å². The third-order valence-corrected chi connectivity index (χ3v) is 6.87. The Kier molecular flexibility index (Phi) is 7.77. The zero-order chi connectivity index (χ0) is 24.8. The number of carbonyl (C=O) groups is 2. The molecule has 1 saturated heterocycles. The Bertz CT molecular complexity index is 1150. The van der Waals surface area contributed by atoms with Gasteiger partial charge >= 0.3 is 0 Å². The van der Waals surface area contributed by atoms with E-state index in [1.54, 1.807) is 29.3 Å². The lowest BCUT2D eigenvalue weighted by molar-refractivity contribution is -0.152. The second-order valence-corrected chi connectivity index (χ2v) is 9.53. The Labute approximate surface area is 208 Å². The Morgan fingerprint density at radius 1 is 1.20 bits per heavy atom. The average Bonchev–Trinajstić information content (AvgIpc) is 3.29. The van der Waals surface area contributed by atoms with Gasteiger partial charge in [0.2, 0.25) is 5.91 Å². The lowest BCUT2D eigenvalue weighted by Crippen LogP contribution is -2.58. The number of rotatable bonds is 8. The van der Waals surface area contributed by atoms with Crippen molar-refractivity contribution in [1.29, 1.82) is 0 Å². The van der Waals surface area contributed by atoms with E-state index >= 15 is 0 Å². The molecule has 9 heteroatoms. The summed E-state index contributed by atoms with van der Waals surface area (Å²) in [6.07, 6.45) is 0.0307. The number of hydrogen-bond acceptors (Lipinski definition) is 6. The van der Waals surface area contributed by atoms with E-state index in [0.717, 1.165) is 5.56 Å². The summed E-state index contributed by atoms with van der Waals surface area (Å²) in [6.45, 7) is 3.16. The van der Waals surface area contributed by atoms with E-state index in [2.05, 4.69) is 4.98 Å². The Morgan fingerprint density at radius 3 is 2.63 bits per heavy atom. The standard InChI is InChI=1S/C26H28FN3O4S/c1-19-24(35-18-28-19)25(32)30-12-13-34-26(16-30,17-33-22-10-8-21(27)9-11-22)14-23(31)29(2)15-20-6-4-3-5-7-20/h3-11,18H,12-17H2,1-2H3/t26-/m0/s1. The molecule has 184 valence electrons. The Balaban J connectivity index is 1.52. The molecule has 1 aliphatic rings. The van der Waals surface area contributed by atoms with Crippen LogP contribution in [0.1, 0.15) is 27.3 Å². The number of nitrogens with zero attached hydrogens (tertiary/aromatic N) is 3. The number of carbonyl (C=O) groups excluding carboxylic acids is 2. The normalized spacial score (nSPS) is 17.7. The fourth-order valence-electron chi connectivity index (χ4n) is 4.02. The quantitative estimate of drug-likeness (QED) is 0.472. The third kappa shape index (κ3) is 6.23. The van der Waals surface area contributed by atoms with Crippen molar-refractivity contribution < 1.29 is 23.5 Å². The fraction of sp³-hybridized carbons (Fsp3) is 0.346. The molecule has 1 aliphatic heterocycles. The van der Waals surface area contributed by atoms with E-state index in [1.807, 2.05) is 30.3 Å². The predicted molar refractivity (Wildman–Crippen MR) is 131 cm³/mol. The molecule has 3 aromatic rings. The first-order valence-electron chi connectivity index (χ1n) is 11.3. The van der Waals surface area contributed by atoms with Gasteiger partial charge in [0, 0.05) is 20.1 Å². The first kappa shape index (κ1) is 24.8. The van der Waals surface area contributed by atoms with E-state index in [4.69, 9.17) is 9.47 Å². The molecule has 7 nitrogen and oxygen atoms in total. The van der Waals surface area contributed by atoms with Crippen LogP contribution in [0, 0.1) is 12.7 Å². The van der Waals surface area contributed by atoms with Gasteiger partial charge in [-0.05, 0) is 36.8 Å². The minimum absolute atomic E-state index is 0.0307. The van der Waals surface area contributed by atoms with Crippen molar-refractivity contribution in [2.45, 2.75) is 25.5 Å². The fourth-order valence-corrected chi connectivity index (χ4v) is 4.79. The molecule has 4 rings (SSSR count). The van der Waals surface area contributed by atoms with Crippen molar-refractivity contribution >= 4 is 23.2 Å². The van der Waals surface area contributed by atoms with Crippen molar-refractivity contribution in [1.82, 2.24) is 14.8 Å². The molecule has 0 spiro atoms. The molecular weight excluding hydrogens is 469 g/mol. The van der Waals surface area contributed by atoms with E-state index in [0.29, 0.717) is 29.4 Å². The van der Waals surface area contributed by atoms with Crippen LogP contribution >= 0.6 is 11.3 Å². The van der Waals surface area contributed by atoms with Crippen molar-refractivity contribution in [3.8, 4) is 5.75 Å². The van der Waals surface area contributed by atoms with Gasteiger partial charge in [0.25, 0.3) is 5.91 Å². The molecule has 0 radical (unpaired) electrons. The van der Waals surface area contributed by atoms with Crippen LogP contribution in [0.3, 0.4) is 0 Å². The zero-order valence-electron chi connectivity index (χ0n) is 19.8. The molecule has 1 fully saturated rings. The first-order chi connectivity index (χ1) is 16.8. The van der Waals surface area contributed by atoms with Crippen molar-refractivity contribution in [3.63, 3.8) is 0 Å². The topological polar surface area (TPSA) is 72.0 Å². The van der Waals surface area contributed by atoms with E-state index in [-0.39, 0.29) is 43.8 Å². The molecule has 0 aliphatic carbocycles. The van der Waals surface area contributed by atoms with Crippen LogP contribution in [0.5, 0.6) is 5.75 Å². The third-order valence-electron chi connectivity index (χ3n) is 5.95. The van der Waals surface area contributed by atoms with Gasteiger partial charge in [0.05, 0.1) is 30.8 Å². The largest absolute Gasteiger partial charge is 0.490 e. The minimum Gasteiger partial charge on any atom is -0.490 e. The van der Waals surface area contributed by atoms with E-state index < -0.39 is 5.60 Å². The van der Waals surface area contributed by atoms with E-state index in [1.165, 1.54) is 35.6 Å². The second-order valence-electron chi connectivity index (χ2n) is 8.68. The maximum atomic E-state index is 13.3. The van der Waals surface area contributed by atoms with Gasteiger partial charge in [-0.15, -0.1) is 11.3 Å². The molecule has 2 amide bonds. The summed E-state index contributed by atoms with van der Waals surface area (Å²) in [6, 6.07) is 15.4. The summed E-state index contributed by atoms with van der Waals surface area (Å²) < 4.78 is 25.4. The number of morpholine rings is 1. The van der Waals surface area contributed by atoms with Crippen LogP contribution in [-0.2, 0) is 16.1 Å². The number of amides is 2. The molecule has 2 aromatic carbocycles. The first-order valence-corrected chi connectivity index (χ1v) is 12.2. The van der Waals surface area contributed by atoms with Crippen molar-refractivity contribution in [3.05, 3.63) is 82.1 Å². The summed E-state index contributed by atoms with van der Waals surface area (Å²) in [5, 5.41) is 0. The molecular formula is C26H28FN3O4S. The molecule has 0 N–H and O–H groups in total. The highest BCUT2D eigenvalue weighted by Gasteiger charge is 2.42. The summed E-state index contributed by atoms with van der Waals surface area (Å²) in [5.41, 5.74) is 2.29. The zero-order valence-corrected chi connectivity index (χ0v) is 20.6. The minimum atomic E-state index is -1.05. The maximum Gasteiger partial charge on any atom is 0.266 e. The smallest absolute Gasteiger partial charge is 0.266 e. The van der Waals surface area contributed by atoms with Crippen molar-refractivity contribution in [2.24, 2.45) is 0 Å². The summed E-state index contributed by atoms with van der Waals surface area (Å²) in [4.78, 5) is 34.6. The van der Waals surface area contributed by atoms with Gasteiger partial charge in [-0.2, -0.15) is 0 Å². The molecule has 0 saturated carbocycles. The average molecular weight is 498 g/mol. The van der Waals surface area contributed by atoms with Gasteiger partial charge in [-0.25, -0.2) is 9.37 Å². The van der Waals surface area contributed by atoms with Gasteiger partial charge in [-0.3, -0.25) is 9.59 Å². The molecule has 2 heterocycles. The highest BCUT2D eigenvalue weighted by Crippen LogP contribution is 2.27. The van der Waals surface area contributed by atoms with Gasteiger partial charge in [0.1, 0.15) is 28.7 Å². The summed E-state index contributed by atoms with van der Waals surface area (Å²) in [5.74, 6) is -0.166. The van der Waals surface area contributed by atoms with E-state index in [9.17, 15) is 14.0 Å². The van der Waals surface area contributed by atoms with Crippen LogP contribution in [0.25, 0.3) is 0 Å². The van der Waals surface area contributed by atoms with Crippen LogP contribution in [0.15, 0.2) is 60.1 Å².